The van der Waals surface area contributed by atoms with Crippen LogP contribution in [0.5, 0.6) is 0 Å². The molecule has 6 heteroatoms. The fraction of sp³-hybridized carbons (Fsp3) is 0.435. The summed E-state index contributed by atoms with van der Waals surface area (Å²) < 4.78 is 27.3. The Balaban J connectivity index is 1.54. The minimum Gasteiger partial charge on any atom is -0.340 e. The predicted molar refractivity (Wildman–Crippen MR) is 110 cm³/mol. The van der Waals surface area contributed by atoms with Crippen LogP contribution in [0.2, 0.25) is 0 Å². The van der Waals surface area contributed by atoms with E-state index in [2.05, 4.69) is 9.80 Å². The molecule has 2 aromatic carbocycles. The molecule has 1 saturated heterocycles. The summed E-state index contributed by atoms with van der Waals surface area (Å²) in [6, 6.07) is 13.0. The molecule has 3 rings (SSSR count). The van der Waals surface area contributed by atoms with Gasteiger partial charge in [0.15, 0.2) is 0 Å². The van der Waals surface area contributed by atoms with Crippen molar-refractivity contribution in [3.8, 4) is 0 Å². The smallest absolute Gasteiger partial charge is 0.239 e. The summed E-state index contributed by atoms with van der Waals surface area (Å²) in [5.74, 6) is -0.438. The highest BCUT2D eigenvalue weighted by atomic mass is 19.1. The van der Waals surface area contributed by atoms with E-state index in [0.29, 0.717) is 18.7 Å². The molecule has 2 aromatic rings. The SMILES string of the molecule is CC(C(=O)N(C)Cc1cccc(F)c1)N1CCCN(Cc2ccccc2F)CC1. The number of hydrogen-bond acceptors (Lipinski definition) is 3. The standard InChI is InChI=1S/C23H29F2N3O/c1-18(23(29)26(2)16-19-7-5-9-21(24)15-19)28-12-6-11-27(13-14-28)17-20-8-3-4-10-22(20)25/h3-5,7-10,15,18H,6,11-14,16-17H2,1-2H3. The zero-order valence-electron chi connectivity index (χ0n) is 17.2. The zero-order chi connectivity index (χ0) is 20.8. The second kappa shape index (κ2) is 9.94. The maximum absolute atomic E-state index is 13.9. The van der Waals surface area contributed by atoms with Crippen molar-refractivity contribution in [2.24, 2.45) is 0 Å². The van der Waals surface area contributed by atoms with E-state index < -0.39 is 0 Å². The van der Waals surface area contributed by atoms with Gasteiger partial charge in [0.25, 0.3) is 0 Å². The van der Waals surface area contributed by atoms with E-state index >= 15 is 0 Å². The normalized spacial score (nSPS) is 17.0. The van der Waals surface area contributed by atoms with Crippen LogP contribution in [0.25, 0.3) is 0 Å². The van der Waals surface area contributed by atoms with Crippen LogP contribution in [0.3, 0.4) is 0 Å². The van der Waals surface area contributed by atoms with E-state index in [1.165, 1.54) is 18.2 Å². The van der Waals surface area contributed by atoms with Crippen molar-refractivity contribution >= 4 is 5.91 Å². The third-order valence-electron chi connectivity index (χ3n) is 5.57. The Morgan fingerprint density at radius 1 is 1.07 bits per heavy atom. The summed E-state index contributed by atoms with van der Waals surface area (Å²) in [4.78, 5) is 19.0. The number of hydrogen-bond donors (Lipinski definition) is 0. The van der Waals surface area contributed by atoms with Crippen LogP contribution < -0.4 is 0 Å². The lowest BCUT2D eigenvalue weighted by Gasteiger charge is -2.30. The van der Waals surface area contributed by atoms with Gasteiger partial charge < -0.3 is 4.90 Å². The van der Waals surface area contributed by atoms with Crippen molar-refractivity contribution in [3.63, 3.8) is 0 Å². The molecule has 0 aliphatic carbocycles. The molecule has 0 radical (unpaired) electrons. The van der Waals surface area contributed by atoms with E-state index in [1.807, 2.05) is 25.1 Å². The molecule has 0 bridgehead atoms. The van der Waals surface area contributed by atoms with Gasteiger partial charge in [-0.3, -0.25) is 14.6 Å². The second-order valence-electron chi connectivity index (χ2n) is 7.76. The van der Waals surface area contributed by atoms with Crippen molar-refractivity contribution in [1.82, 2.24) is 14.7 Å². The van der Waals surface area contributed by atoms with Gasteiger partial charge >= 0.3 is 0 Å². The molecule has 0 aromatic heterocycles. The summed E-state index contributed by atoms with van der Waals surface area (Å²) >= 11 is 0. The predicted octanol–water partition coefficient (Wildman–Crippen LogP) is 3.52. The van der Waals surface area contributed by atoms with Crippen LogP contribution in [0.15, 0.2) is 48.5 Å². The van der Waals surface area contributed by atoms with Gasteiger partial charge in [-0.25, -0.2) is 8.78 Å². The fourth-order valence-corrected chi connectivity index (χ4v) is 3.87. The Hall–Kier alpha value is -2.31. The minimum absolute atomic E-state index is 0.0248. The van der Waals surface area contributed by atoms with E-state index in [0.717, 1.165) is 38.2 Å². The van der Waals surface area contributed by atoms with Crippen molar-refractivity contribution in [2.75, 3.05) is 33.2 Å². The number of rotatable bonds is 6. The third-order valence-corrected chi connectivity index (χ3v) is 5.57. The second-order valence-corrected chi connectivity index (χ2v) is 7.76. The largest absolute Gasteiger partial charge is 0.340 e. The number of benzene rings is 2. The average molecular weight is 402 g/mol. The van der Waals surface area contributed by atoms with Crippen LogP contribution in [-0.4, -0.2) is 59.9 Å². The van der Waals surface area contributed by atoms with E-state index in [9.17, 15) is 13.6 Å². The molecule has 1 amide bonds. The number of nitrogens with zero attached hydrogens (tertiary/aromatic N) is 3. The highest BCUT2D eigenvalue weighted by molar-refractivity contribution is 5.81. The van der Waals surface area contributed by atoms with Gasteiger partial charge in [-0.1, -0.05) is 30.3 Å². The molecule has 1 unspecified atom stereocenters. The number of halogens is 2. The van der Waals surface area contributed by atoms with Crippen molar-refractivity contribution < 1.29 is 13.6 Å². The van der Waals surface area contributed by atoms with Crippen LogP contribution in [0.4, 0.5) is 8.78 Å². The van der Waals surface area contributed by atoms with Gasteiger partial charge in [-0.2, -0.15) is 0 Å². The first-order valence-corrected chi connectivity index (χ1v) is 10.1. The van der Waals surface area contributed by atoms with Gasteiger partial charge in [0, 0.05) is 45.3 Å². The third kappa shape index (κ3) is 5.84. The van der Waals surface area contributed by atoms with Gasteiger partial charge in [0.05, 0.1) is 6.04 Å². The van der Waals surface area contributed by atoms with Crippen molar-refractivity contribution in [2.45, 2.75) is 32.5 Å². The van der Waals surface area contributed by atoms with Gasteiger partial charge in [0.1, 0.15) is 11.6 Å². The molecule has 1 aliphatic rings. The highest BCUT2D eigenvalue weighted by Crippen LogP contribution is 2.15. The fourth-order valence-electron chi connectivity index (χ4n) is 3.87. The zero-order valence-corrected chi connectivity index (χ0v) is 17.2. The molecule has 1 atom stereocenters. The summed E-state index contributed by atoms with van der Waals surface area (Å²) in [7, 11) is 1.76. The Labute approximate surface area is 171 Å². The van der Waals surface area contributed by atoms with E-state index in [1.54, 1.807) is 24.1 Å². The lowest BCUT2D eigenvalue weighted by atomic mass is 10.2. The maximum Gasteiger partial charge on any atom is 0.239 e. The van der Waals surface area contributed by atoms with Crippen molar-refractivity contribution in [1.29, 1.82) is 0 Å². The number of carbonyl (C=O) groups is 1. The highest BCUT2D eigenvalue weighted by Gasteiger charge is 2.26. The Morgan fingerprint density at radius 3 is 2.62 bits per heavy atom. The topological polar surface area (TPSA) is 26.8 Å². The molecule has 1 heterocycles. The first-order chi connectivity index (χ1) is 13.9. The maximum atomic E-state index is 13.9. The summed E-state index contributed by atoms with van der Waals surface area (Å²) in [6.07, 6.45) is 0.930. The van der Waals surface area contributed by atoms with Crippen LogP contribution in [-0.2, 0) is 17.9 Å². The molecule has 4 nitrogen and oxygen atoms in total. The van der Waals surface area contributed by atoms with E-state index in [-0.39, 0.29) is 23.6 Å². The molecule has 0 spiro atoms. The number of likely N-dealkylation sites (N-methyl/N-ethyl adjacent to an activating group) is 1. The molecule has 1 fully saturated rings. The Kier molecular flexibility index (Phi) is 7.34. The molecule has 29 heavy (non-hydrogen) atoms. The quantitative estimate of drug-likeness (QED) is 0.741. The summed E-state index contributed by atoms with van der Waals surface area (Å²) in [5, 5.41) is 0. The monoisotopic (exact) mass is 401 g/mol. The Bertz CT molecular complexity index is 829. The Morgan fingerprint density at radius 2 is 1.86 bits per heavy atom. The first-order valence-electron chi connectivity index (χ1n) is 10.1. The average Bonchev–Trinajstić information content (AvgIpc) is 2.94. The van der Waals surface area contributed by atoms with Crippen molar-refractivity contribution in [3.05, 3.63) is 71.3 Å². The lowest BCUT2D eigenvalue weighted by molar-refractivity contribution is -0.135. The lowest BCUT2D eigenvalue weighted by Crippen LogP contribution is -2.46. The molecular formula is C23H29F2N3O. The minimum atomic E-state index is -0.293. The van der Waals surface area contributed by atoms with Crippen LogP contribution in [0, 0.1) is 11.6 Å². The van der Waals surface area contributed by atoms with Gasteiger partial charge in [0.2, 0.25) is 5.91 Å². The first kappa shape index (κ1) is 21.4. The summed E-state index contributed by atoms with van der Waals surface area (Å²) in [6.45, 7) is 6.15. The number of carbonyl (C=O) groups excluding carboxylic acids is 1. The molecule has 156 valence electrons. The molecule has 0 saturated carbocycles. The van der Waals surface area contributed by atoms with E-state index in [4.69, 9.17) is 0 Å². The molecular weight excluding hydrogens is 372 g/mol. The van der Waals surface area contributed by atoms with Crippen LogP contribution in [0.1, 0.15) is 24.5 Å². The van der Waals surface area contributed by atoms with Crippen LogP contribution >= 0.6 is 0 Å². The van der Waals surface area contributed by atoms with Gasteiger partial charge in [-0.05, 0) is 43.7 Å². The number of amides is 1. The molecule has 0 N–H and O–H groups in total. The van der Waals surface area contributed by atoms with Gasteiger partial charge in [-0.15, -0.1) is 0 Å². The molecule has 1 aliphatic heterocycles. The summed E-state index contributed by atoms with van der Waals surface area (Å²) in [5.41, 5.74) is 1.49.